The zero-order chi connectivity index (χ0) is 12.3. The van der Waals surface area contributed by atoms with E-state index in [4.69, 9.17) is 5.84 Å². The lowest BCUT2D eigenvalue weighted by molar-refractivity contribution is 0.528. The minimum absolute atomic E-state index is 0.215. The number of halogens is 2. The van der Waals surface area contributed by atoms with Crippen LogP contribution >= 0.6 is 15.9 Å². The number of hydrazine groups is 1. The van der Waals surface area contributed by atoms with Gasteiger partial charge in [-0.05, 0) is 43.9 Å². The number of nitrogens with two attached hydrogens (primary N) is 1. The van der Waals surface area contributed by atoms with Crippen molar-refractivity contribution in [2.24, 2.45) is 5.84 Å². The van der Waals surface area contributed by atoms with Crippen LogP contribution in [0.4, 0.5) is 4.39 Å². The molecule has 0 aromatic heterocycles. The molecular weight excluding hydrogens is 283 g/mol. The van der Waals surface area contributed by atoms with Crippen LogP contribution in [-0.2, 0) is 0 Å². The quantitative estimate of drug-likeness (QED) is 0.508. The van der Waals surface area contributed by atoms with E-state index in [1.165, 1.54) is 18.1 Å². The molecule has 3 N–H and O–H groups in total. The molecule has 92 valence electrons. The molecule has 0 radical (unpaired) electrons. The minimum Gasteiger partial charge on any atom is -0.271 e. The van der Waals surface area contributed by atoms with Crippen molar-refractivity contribution in [1.29, 1.82) is 0 Å². The number of rotatable bonds is 3. The van der Waals surface area contributed by atoms with Crippen molar-refractivity contribution in [2.75, 3.05) is 0 Å². The molecule has 0 aliphatic heterocycles. The molecule has 0 spiro atoms. The molecule has 17 heavy (non-hydrogen) atoms. The van der Waals surface area contributed by atoms with Crippen molar-refractivity contribution >= 4 is 15.9 Å². The van der Waals surface area contributed by atoms with Crippen LogP contribution in [0, 0.1) is 5.82 Å². The topological polar surface area (TPSA) is 38.0 Å². The first-order valence-corrected chi connectivity index (χ1v) is 6.61. The Morgan fingerprint density at radius 2 is 2.18 bits per heavy atom. The van der Waals surface area contributed by atoms with Gasteiger partial charge in [0.15, 0.2) is 0 Å². The Hall–Kier alpha value is -0.710. The zero-order valence-electron chi connectivity index (χ0n) is 9.55. The lowest BCUT2D eigenvalue weighted by atomic mass is 9.90. The first-order chi connectivity index (χ1) is 8.22. The van der Waals surface area contributed by atoms with E-state index in [1.54, 1.807) is 12.1 Å². The molecule has 0 amide bonds. The molecule has 1 unspecified atom stereocenters. The van der Waals surface area contributed by atoms with Crippen LogP contribution in [0.15, 0.2) is 34.3 Å². The van der Waals surface area contributed by atoms with Gasteiger partial charge in [-0.2, -0.15) is 0 Å². The van der Waals surface area contributed by atoms with Gasteiger partial charge in [-0.15, -0.1) is 0 Å². The predicted octanol–water partition coefficient (Wildman–Crippen LogP) is 3.59. The van der Waals surface area contributed by atoms with Crippen molar-refractivity contribution in [1.82, 2.24) is 5.43 Å². The van der Waals surface area contributed by atoms with E-state index >= 15 is 0 Å². The van der Waals surface area contributed by atoms with E-state index in [1.807, 2.05) is 0 Å². The summed E-state index contributed by atoms with van der Waals surface area (Å²) >= 11 is 3.36. The highest BCUT2D eigenvalue weighted by atomic mass is 79.9. The summed E-state index contributed by atoms with van der Waals surface area (Å²) in [6.07, 6.45) is 6.58. The molecule has 0 fully saturated rings. The van der Waals surface area contributed by atoms with Crippen LogP contribution in [-0.4, -0.2) is 0 Å². The van der Waals surface area contributed by atoms with Gasteiger partial charge in [-0.25, -0.2) is 9.82 Å². The second kappa shape index (κ2) is 5.76. The highest BCUT2D eigenvalue weighted by Gasteiger charge is 2.20. The van der Waals surface area contributed by atoms with E-state index < -0.39 is 0 Å². The first-order valence-electron chi connectivity index (χ1n) is 5.82. The van der Waals surface area contributed by atoms with Crippen LogP contribution in [0.1, 0.15) is 37.3 Å². The van der Waals surface area contributed by atoms with Crippen LogP contribution in [0.2, 0.25) is 0 Å². The Kier molecular flexibility index (Phi) is 4.31. The maximum atomic E-state index is 13.8. The monoisotopic (exact) mass is 298 g/mol. The van der Waals surface area contributed by atoms with Crippen LogP contribution < -0.4 is 11.3 Å². The minimum atomic E-state index is -0.220. The van der Waals surface area contributed by atoms with Gasteiger partial charge in [0.1, 0.15) is 5.82 Å². The third kappa shape index (κ3) is 2.94. The van der Waals surface area contributed by atoms with Gasteiger partial charge in [0.25, 0.3) is 0 Å². The maximum absolute atomic E-state index is 13.8. The van der Waals surface area contributed by atoms with Crippen LogP contribution in [0.5, 0.6) is 0 Å². The normalized spacial score (nSPS) is 17.7. The first kappa shape index (κ1) is 12.7. The Morgan fingerprint density at radius 1 is 1.35 bits per heavy atom. The van der Waals surface area contributed by atoms with E-state index in [2.05, 4.69) is 27.4 Å². The Morgan fingerprint density at radius 3 is 2.82 bits per heavy atom. The van der Waals surface area contributed by atoms with Gasteiger partial charge in [0.2, 0.25) is 0 Å². The van der Waals surface area contributed by atoms with Crippen molar-refractivity contribution in [2.45, 2.75) is 31.7 Å². The Bertz CT molecular complexity index is 431. The molecule has 0 saturated carbocycles. The molecule has 1 aliphatic carbocycles. The lowest BCUT2D eigenvalue weighted by Crippen LogP contribution is -2.30. The molecule has 2 nitrogen and oxygen atoms in total. The molecule has 1 aromatic carbocycles. The van der Waals surface area contributed by atoms with Crippen molar-refractivity contribution in [3.8, 4) is 0 Å². The van der Waals surface area contributed by atoms with E-state index in [-0.39, 0.29) is 11.9 Å². The average Bonchev–Trinajstić information content (AvgIpc) is 2.36. The fourth-order valence-corrected chi connectivity index (χ4v) is 2.64. The second-order valence-electron chi connectivity index (χ2n) is 4.29. The Balaban J connectivity index is 2.34. The largest absolute Gasteiger partial charge is 0.271 e. The van der Waals surface area contributed by atoms with E-state index in [0.717, 1.165) is 23.7 Å². The molecule has 4 heteroatoms. The van der Waals surface area contributed by atoms with Gasteiger partial charge in [0, 0.05) is 10.0 Å². The van der Waals surface area contributed by atoms with Gasteiger partial charge in [-0.3, -0.25) is 5.84 Å². The van der Waals surface area contributed by atoms with Gasteiger partial charge in [0.05, 0.1) is 6.04 Å². The van der Waals surface area contributed by atoms with Crippen molar-refractivity contribution in [3.63, 3.8) is 0 Å². The molecule has 1 atom stereocenters. The summed E-state index contributed by atoms with van der Waals surface area (Å²) in [5.74, 6) is 5.36. The van der Waals surface area contributed by atoms with E-state index in [9.17, 15) is 4.39 Å². The van der Waals surface area contributed by atoms with Crippen molar-refractivity contribution < 1.29 is 4.39 Å². The maximum Gasteiger partial charge on any atom is 0.128 e. The smallest absolute Gasteiger partial charge is 0.128 e. The molecule has 0 heterocycles. The summed E-state index contributed by atoms with van der Waals surface area (Å²) in [7, 11) is 0. The van der Waals surface area contributed by atoms with Crippen LogP contribution in [0.25, 0.3) is 0 Å². The fourth-order valence-electron chi connectivity index (χ4n) is 2.26. The summed E-state index contributed by atoms with van der Waals surface area (Å²) in [5.41, 5.74) is 4.52. The Labute approximate surface area is 109 Å². The fraction of sp³-hybridized carbons (Fsp3) is 0.385. The van der Waals surface area contributed by atoms with Crippen molar-refractivity contribution in [3.05, 3.63) is 45.7 Å². The molecule has 1 aliphatic rings. The van der Waals surface area contributed by atoms with Gasteiger partial charge >= 0.3 is 0 Å². The number of hydrogen-bond acceptors (Lipinski definition) is 2. The standard InChI is InChI=1S/C13H16BrFN2/c14-10-6-7-12(15)11(8-10)13(17-16)9-4-2-1-3-5-9/h4,6-8,13,17H,1-3,5,16H2. The van der Waals surface area contributed by atoms with E-state index in [0.29, 0.717) is 5.56 Å². The predicted molar refractivity (Wildman–Crippen MR) is 70.7 cm³/mol. The second-order valence-corrected chi connectivity index (χ2v) is 5.21. The zero-order valence-corrected chi connectivity index (χ0v) is 11.1. The molecule has 0 bridgehead atoms. The summed E-state index contributed by atoms with van der Waals surface area (Å²) in [6.45, 7) is 0. The van der Waals surface area contributed by atoms with Gasteiger partial charge < -0.3 is 0 Å². The summed E-state index contributed by atoms with van der Waals surface area (Å²) in [6, 6.07) is 4.73. The average molecular weight is 299 g/mol. The SMILES string of the molecule is NNC(C1=CCCCC1)c1cc(Br)ccc1F. The third-order valence-corrected chi connectivity index (χ3v) is 3.63. The number of allylic oxidation sites excluding steroid dienone is 1. The molecular formula is C13H16BrFN2. The number of hydrogen-bond donors (Lipinski definition) is 2. The number of nitrogens with one attached hydrogen (secondary N) is 1. The molecule has 0 saturated heterocycles. The summed E-state index contributed by atoms with van der Waals surface area (Å²) in [4.78, 5) is 0. The molecule has 1 aromatic rings. The number of benzene rings is 1. The van der Waals surface area contributed by atoms with Crippen LogP contribution in [0.3, 0.4) is 0 Å². The summed E-state index contributed by atoms with van der Waals surface area (Å²) in [5, 5.41) is 0. The highest BCUT2D eigenvalue weighted by molar-refractivity contribution is 9.10. The molecule has 2 rings (SSSR count). The third-order valence-electron chi connectivity index (χ3n) is 3.13. The highest BCUT2D eigenvalue weighted by Crippen LogP contribution is 2.31. The van der Waals surface area contributed by atoms with Gasteiger partial charge in [-0.1, -0.05) is 27.6 Å². The lowest BCUT2D eigenvalue weighted by Gasteiger charge is -2.23. The summed E-state index contributed by atoms with van der Waals surface area (Å²) < 4.78 is 14.7.